The van der Waals surface area contributed by atoms with Gasteiger partial charge in [-0.3, -0.25) is 9.69 Å². The zero-order chi connectivity index (χ0) is 16.9. The Bertz CT molecular complexity index is 809. The molecule has 120 valence electrons. The number of aryl methyl sites for hydroxylation is 2. The van der Waals surface area contributed by atoms with Crippen LogP contribution >= 0.6 is 0 Å². The molecule has 2 aromatic carbocycles. The molecule has 0 aliphatic heterocycles. The Hall–Kier alpha value is -2.94. The average molecular weight is 316 g/mol. The van der Waals surface area contributed by atoms with E-state index < -0.39 is 0 Å². The summed E-state index contributed by atoms with van der Waals surface area (Å²) < 4.78 is 0. The average Bonchev–Trinajstić information content (AvgIpc) is 2.62. The van der Waals surface area contributed by atoms with Crippen molar-refractivity contribution in [1.29, 1.82) is 0 Å². The van der Waals surface area contributed by atoms with Crippen LogP contribution in [0.4, 0.5) is 5.82 Å². The zero-order valence-electron chi connectivity index (χ0n) is 13.9. The maximum atomic E-state index is 13.0. The molecule has 0 bridgehead atoms. The molecule has 0 spiro atoms. The Morgan fingerprint density at radius 2 is 1.50 bits per heavy atom. The van der Waals surface area contributed by atoms with E-state index in [0.29, 0.717) is 17.9 Å². The normalized spacial score (nSPS) is 10.4. The molecule has 1 amide bonds. The van der Waals surface area contributed by atoms with Gasteiger partial charge in [0, 0.05) is 11.8 Å². The van der Waals surface area contributed by atoms with Crippen LogP contribution in [-0.2, 0) is 6.54 Å². The first kappa shape index (κ1) is 15.9. The molecule has 3 aromatic rings. The van der Waals surface area contributed by atoms with E-state index >= 15 is 0 Å². The molecule has 0 aliphatic rings. The van der Waals surface area contributed by atoms with Crippen molar-refractivity contribution in [3.8, 4) is 0 Å². The van der Waals surface area contributed by atoms with Gasteiger partial charge < -0.3 is 0 Å². The Labute approximate surface area is 142 Å². The first-order valence-electron chi connectivity index (χ1n) is 7.98. The lowest BCUT2D eigenvalue weighted by molar-refractivity contribution is 0.0984. The topological polar surface area (TPSA) is 33.2 Å². The van der Waals surface area contributed by atoms with Crippen LogP contribution in [0.2, 0.25) is 0 Å². The first-order valence-corrected chi connectivity index (χ1v) is 7.98. The fourth-order valence-electron chi connectivity index (χ4n) is 2.50. The van der Waals surface area contributed by atoms with Crippen LogP contribution in [0.25, 0.3) is 0 Å². The fraction of sp³-hybridized carbons (Fsp3) is 0.143. The van der Waals surface area contributed by atoms with Gasteiger partial charge in [-0.2, -0.15) is 0 Å². The molecular formula is C21H20N2O. The van der Waals surface area contributed by atoms with Crippen LogP contribution < -0.4 is 4.90 Å². The van der Waals surface area contributed by atoms with Crippen LogP contribution in [0.3, 0.4) is 0 Å². The lowest BCUT2D eigenvalue weighted by atomic mass is 10.1. The second kappa shape index (κ2) is 7.09. The summed E-state index contributed by atoms with van der Waals surface area (Å²) in [6, 6.07) is 21.5. The predicted octanol–water partition coefficient (Wildman–Crippen LogP) is 4.55. The Morgan fingerprint density at radius 1 is 0.875 bits per heavy atom. The van der Waals surface area contributed by atoms with E-state index in [4.69, 9.17) is 0 Å². The van der Waals surface area contributed by atoms with Gasteiger partial charge in [0.15, 0.2) is 0 Å². The van der Waals surface area contributed by atoms with Crippen LogP contribution in [0.1, 0.15) is 27.0 Å². The van der Waals surface area contributed by atoms with E-state index in [2.05, 4.69) is 24.0 Å². The third-order valence-corrected chi connectivity index (χ3v) is 3.93. The van der Waals surface area contributed by atoms with Crippen LogP contribution in [-0.4, -0.2) is 10.9 Å². The highest BCUT2D eigenvalue weighted by atomic mass is 16.2. The van der Waals surface area contributed by atoms with E-state index in [1.165, 1.54) is 5.56 Å². The summed E-state index contributed by atoms with van der Waals surface area (Å²) >= 11 is 0. The van der Waals surface area contributed by atoms with Gasteiger partial charge in [0.05, 0.1) is 6.54 Å². The molecular weight excluding hydrogens is 296 g/mol. The fourth-order valence-corrected chi connectivity index (χ4v) is 2.50. The number of carbonyl (C=O) groups excluding carboxylic acids is 1. The summed E-state index contributed by atoms with van der Waals surface area (Å²) in [5.74, 6) is 0.609. The molecule has 0 unspecified atom stereocenters. The smallest absolute Gasteiger partial charge is 0.259 e. The number of benzene rings is 2. The number of aromatic nitrogens is 1. The molecule has 0 aliphatic carbocycles. The van der Waals surface area contributed by atoms with Crippen molar-refractivity contribution in [1.82, 2.24) is 4.98 Å². The van der Waals surface area contributed by atoms with E-state index in [1.54, 1.807) is 11.1 Å². The number of hydrogen-bond acceptors (Lipinski definition) is 2. The Kier molecular flexibility index (Phi) is 4.71. The number of rotatable bonds is 4. The van der Waals surface area contributed by atoms with E-state index in [1.807, 2.05) is 61.5 Å². The molecule has 0 N–H and O–H groups in total. The molecule has 0 saturated heterocycles. The molecule has 0 fully saturated rings. The van der Waals surface area contributed by atoms with Crippen LogP contribution in [0.5, 0.6) is 0 Å². The molecule has 0 radical (unpaired) electrons. The van der Waals surface area contributed by atoms with Crippen molar-refractivity contribution in [3.63, 3.8) is 0 Å². The summed E-state index contributed by atoms with van der Waals surface area (Å²) in [5.41, 5.74) is 4.08. The highest BCUT2D eigenvalue weighted by molar-refractivity contribution is 6.05. The van der Waals surface area contributed by atoms with Crippen molar-refractivity contribution >= 4 is 11.7 Å². The summed E-state index contributed by atoms with van der Waals surface area (Å²) in [6.45, 7) is 4.55. The molecule has 3 nitrogen and oxygen atoms in total. The summed E-state index contributed by atoms with van der Waals surface area (Å²) in [6.07, 6.45) is 1.71. The maximum Gasteiger partial charge on any atom is 0.259 e. The third-order valence-electron chi connectivity index (χ3n) is 3.93. The number of pyridine rings is 1. The number of amides is 1. The molecule has 3 heteroatoms. The number of anilines is 1. The van der Waals surface area contributed by atoms with Crippen molar-refractivity contribution in [2.75, 3.05) is 4.90 Å². The molecule has 1 heterocycles. The van der Waals surface area contributed by atoms with Gasteiger partial charge in [-0.15, -0.1) is 0 Å². The van der Waals surface area contributed by atoms with Crippen molar-refractivity contribution in [2.24, 2.45) is 0 Å². The number of nitrogens with zero attached hydrogens (tertiary/aromatic N) is 2. The van der Waals surface area contributed by atoms with E-state index in [0.717, 1.165) is 11.1 Å². The highest BCUT2D eigenvalue weighted by Crippen LogP contribution is 2.18. The van der Waals surface area contributed by atoms with Gasteiger partial charge in [-0.1, -0.05) is 53.6 Å². The van der Waals surface area contributed by atoms with Gasteiger partial charge in [0.2, 0.25) is 0 Å². The Balaban J connectivity index is 1.94. The van der Waals surface area contributed by atoms with Gasteiger partial charge in [0.25, 0.3) is 5.91 Å². The van der Waals surface area contributed by atoms with Crippen molar-refractivity contribution in [3.05, 3.63) is 95.2 Å². The maximum absolute atomic E-state index is 13.0. The lowest BCUT2D eigenvalue weighted by Gasteiger charge is -2.22. The second-order valence-electron chi connectivity index (χ2n) is 5.93. The minimum atomic E-state index is -0.0470. The molecule has 3 rings (SSSR count). The van der Waals surface area contributed by atoms with Gasteiger partial charge in [-0.25, -0.2) is 4.98 Å². The van der Waals surface area contributed by atoms with Gasteiger partial charge in [0.1, 0.15) is 5.82 Å². The van der Waals surface area contributed by atoms with Crippen LogP contribution in [0.15, 0.2) is 72.9 Å². The molecule has 0 atom stereocenters. The number of carbonyl (C=O) groups is 1. The van der Waals surface area contributed by atoms with E-state index in [-0.39, 0.29) is 5.91 Å². The van der Waals surface area contributed by atoms with Crippen molar-refractivity contribution in [2.45, 2.75) is 20.4 Å². The molecule has 24 heavy (non-hydrogen) atoms. The second-order valence-corrected chi connectivity index (χ2v) is 5.93. The van der Waals surface area contributed by atoms with E-state index in [9.17, 15) is 4.79 Å². The number of hydrogen-bond donors (Lipinski definition) is 0. The summed E-state index contributed by atoms with van der Waals surface area (Å²) in [4.78, 5) is 19.1. The highest BCUT2D eigenvalue weighted by Gasteiger charge is 2.19. The molecule has 0 saturated carbocycles. The summed E-state index contributed by atoms with van der Waals surface area (Å²) in [7, 11) is 0. The van der Waals surface area contributed by atoms with Crippen LogP contribution in [0, 0.1) is 13.8 Å². The summed E-state index contributed by atoms with van der Waals surface area (Å²) in [5, 5.41) is 0. The Morgan fingerprint density at radius 3 is 2.08 bits per heavy atom. The standard InChI is InChI=1S/C21H20N2O/c1-16-6-10-18(11-7-16)15-23(20-5-3-4-14-22-20)21(24)19-12-8-17(2)9-13-19/h3-14H,15H2,1-2H3. The molecule has 1 aromatic heterocycles. The third kappa shape index (κ3) is 3.69. The lowest BCUT2D eigenvalue weighted by Crippen LogP contribution is -2.31. The quantitative estimate of drug-likeness (QED) is 0.707. The first-order chi connectivity index (χ1) is 11.6. The zero-order valence-corrected chi connectivity index (χ0v) is 13.9. The van der Waals surface area contributed by atoms with Gasteiger partial charge >= 0.3 is 0 Å². The SMILES string of the molecule is Cc1ccc(CN(C(=O)c2ccc(C)cc2)c2ccccn2)cc1. The van der Waals surface area contributed by atoms with Crippen molar-refractivity contribution < 1.29 is 4.79 Å². The monoisotopic (exact) mass is 316 g/mol. The predicted molar refractivity (Wildman–Crippen MR) is 97.1 cm³/mol. The minimum absolute atomic E-state index is 0.0470. The minimum Gasteiger partial charge on any atom is -0.288 e. The van der Waals surface area contributed by atoms with Gasteiger partial charge in [-0.05, 0) is 43.7 Å². The largest absolute Gasteiger partial charge is 0.288 e.